The number of aliphatic hydroxyl groups excluding tert-OH is 1. The van der Waals surface area contributed by atoms with Crippen molar-refractivity contribution in [2.24, 2.45) is 0 Å². The highest BCUT2D eigenvalue weighted by Crippen LogP contribution is 2.15. The summed E-state index contributed by atoms with van der Waals surface area (Å²) in [6.07, 6.45) is -0.647. The highest BCUT2D eigenvalue weighted by Gasteiger charge is 2.33. The van der Waals surface area contributed by atoms with E-state index in [1.807, 2.05) is 0 Å². The van der Waals surface area contributed by atoms with E-state index in [0.29, 0.717) is 5.75 Å². The lowest BCUT2D eigenvalue weighted by atomic mass is 9.98. The van der Waals surface area contributed by atoms with Crippen LogP contribution in [-0.2, 0) is 4.79 Å². The number of rotatable bonds is 3. The Hall–Kier alpha value is -0.750. The van der Waals surface area contributed by atoms with E-state index in [-0.39, 0.29) is 11.1 Å². The fraction of sp³-hybridized carbons (Fsp3) is 0.778. The predicted molar refractivity (Wildman–Crippen MR) is 58.7 cm³/mol. The van der Waals surface area contributed by atoms with Gasteiger partial charge in [-0.05, 0) is 20.8 Å². The summed E-state index contributed by atoms with van der Waals surface area (Å²) in [5.41, 5.74) is -0.685. The number of hydrogen-bond acceptors (Lipinski definition) is 4. The van der Waals surface area contributed by atoms with Crippen molar-refractivity contribution in [3.8, 4) is 0 Å². The van der Waals surface area contributed by atoms with E-state index >= 15 is 0 Å². The maximum absolute atomic E-state index is 11.7. The Bertz CT molecular complexity index is 279. The van der Waals surface area contributed by atoms with Crippen molar-refractivity contribution in [1.82, 2.24) is 10.6 Å². The molecular formula is C9H16N2O3S. The summed E-state index contributed by atoms with van der Waals surface area (Å²) in [7, 11) is 0. The van der Waals surface area contributed by atoms with Gasteiger partial charge in [-0.2, -0.15) is 0 Å². The molecular weight excluding hydrogens is 216 g/mol. The maximum atomic E-state index is 11.7. The lowest BCUT2D eigenvalue weighted by Gasteiger charge is -2.30. The Morgan fingerprint density at radius 3 is 2.73 bits per heavy atom. The molecule has 1 saturated heterocycles. The van der Waals surface area contributed by atoms with Crippen LogP contribution in [0.2, 0.25) is 0 Å². The summed E-state index contributed by atoms with van der Waals surface area (Å²) >= 11 is 1.09. The highest BCUT2D eigenvalue weighted by molar-refractivity contribution is 8.14. The number of hydrogen-bond donors (Lipinski definition) is 3. The number of thioether (sulfide) groups is 1. The van der Waals surface area contributed by atoms with E-state index < -0.39 is 17.7 Å². The Morgan fingerprint density at radius 1 is 1.73 bits per heavy atom. The Kier molecular flexibility index (Phi) is 3.62. The summed E-state index contributed by atoms with van der Waals surface area (Å²) in [5, 5.41) is 14.5. The predicted octanol–water partition coefficient (Wildman–Crippen LogP) is 0.0870. The maximum Gasteiger partial charge on any atom is 0.279 e. The van der Waals surface area contributed by atoms with Crippen molar-refractivity contribution in [2.45, 2.75) is 38.5 Å². The van der Waals surface area contributed by atoms with Crippen LogP contribution in [0.25, 0.3) is 0 Å². The second kappa shape index (κ2) is 4.40. The highest BCUT2D eigenvalue weighted by atomic mass is 32.2. The van der Waals surface area contributed by atoms with Gasteiger partial charge in [-0.3, -0.25) is 9.59 Å². The molecule has 0 aromatic heterocycles. The van der Waals surface area contributed by atoms with Gasteiger partial charge < -0.3 is 15.7 Å². The van der Waals surface area contributed by atoms with Gasteiger partial charge in [-0.25, -0.2) is 0 Å². The summed E-state index contributed by atoms with van der Waals surface area (Å²) in [6, 6.07) is -0.486. The third-order valence-electron chi connectivity index (χ3n) is 2.48. The van der Waals surface area contributed by atoms with Gasteiger partial charge >= 0.3 is 0 Å². The fourth-order valence-electron chi connectivity index (χ4n) is 1.03. The van der Waals surface area contributed by atoms with Gasteiger partial charge in [0.15, 0.2) is 0 Å². The fourth-order valence-corrected chi connectivity index (χ4v) is 1.81. The molecule has 1 aliphatic rings. The van der Waals surface area contributed by atoms with Crippen LogP contribution in [0.1, 0.15) is 20.8 Å². The molecule has 1 rings (SSSR count). The minimum atomic E-state index is -0.685. The molecule has 0 spiro atoms. The van der Waals surface area contributed by atoms with E-state index in [1.165, 1.54) is 0 Å². The molecule has 86 valence electrons. The van der Waals surface area contributed by atoms with Crippen LogP contribution in [0.15, 0.2) is 0 Å². The number of nitrogens with one attached hydrogen (secondary N) is 2. The molecule has 3 N–H and O–H groups in total. The van der Waals surface area contributed by atoms with E-state index in [4.69, 9.17) is 0 Å². The van der Waals surface area contributed by atoms with Gasteiger partial charge in [0.2, 0.25) is 5.91 Å². The number of carbonyl (C=O) groups is 2. The summed E-state index contributed by atoms with van der Waals surface area (Å²) in [4.78, 5) is 22.5. The van der Waals surface area contributed by atoms with Crippen molar-refractivity contribution in [3.05, 3.63) is 0 Å². The number of amides is 2. The summed E-state index contributed by atoms with van der Waals surface area (Å²) in [6.45, 7) is 5.08. The molecule has 1 aliphatic heterocycles. The smallest absolute Gasteiger partial charge is 0.279 e. The van der Waals surface area contributed by atoms with Gasteiger partial charge in [0.25, 0.3) is 5.24 Å². The zero-order chi connectivity index (χ0) is 11.6. The largest absolute Gasteiger partial charge is 0.391 e. The zero-order valence-electron chi connectivity index (χ0n) is 9.03. The van der Waals surface area contributed by atoms with Crippen LogP contribution >= 0.6 is 11.8 Å². The first kappa shape index (κ1) is 12.3. The Balaban J connectivity index is 2.52. The van der Waals surface area contributed by atoms with Crippen LogP contribution in [0, 0.1) is 0 Å². The zero-order valence-corrected chi connectivity index (χ0v) is 9.85. The number of aliphatic hydroxyl groups is 1. The van der Waals surface area contributed by atoms with E-state index in [1.54, 1.807) is 20.8 Å². The van der Waals surface area contributed by atoms with E-state index in [2.05, 4.69) is 10.6 Å². The summed E-state index contributed by atoms with van der Waals surface area (Å²) in [5.74, 6) is 0.194. The SMILES string of the molecule is CC(O)C(C)(C)NC(=O)C1CSC(=O)N1. The third-order valence-corrected chi connectivity index (χ3v) is 3.36. The first-order chi connectivity index (χ1) is 6.83. The molecule has 5 nitrogen and oxygen atoms in total. The Labute approximate surface area is 93.0 Å². The van der Waals surface area contributed by atoms with Crippen molar-refractivity contribution in [2.75, 3.05) is 5.75 Å². The standard InChI is InChI=1S/C9H16N2O3S/c1-5(12)9(2,3)11-7(13)6-4-15-8(14)10-6/h5-6,12H,4H2,1-3H3,(H,10,14)(H,11,13). The normalized spacial score (nSPS) is 23.5. The van der Waals surface area contributed by atoms with E-state index in [0.717, 1.165) is 11.8 Å². The molecule has 0 bridgehead atoms. The minimum absolute atomic E-state index is 0.176. The molecule has 2 amide bonds. The second-order valence-electron chi connectivity index (χ2n) is 4.18. The van der Waals surface area contributed by atoms with Crippen LogP contribution in [-0.4, -0.2) is 39.7 Å². The lowest BCUT2D eigenvalue weighted by Crippen LogP contribution is -2.56. The molecule has 1 heterocycles. The van der Waals surface area contributed by atoms with Crippen LogP contribution < -0.4 is 10.6 Å². The monoisotopic (exact) mass is 232 g/mol. The average molecular weight is 232 g/mol. The van der Waals surface area contributed by atoms with Crippen molar-refractivity contribution < 1.29 is 14.7 Å². The summed E-state index contributed by atoms with van der Waals surface area (Å²) < 4.78 is 0. The van der Waals surface area contributed by atoms with Gasteiger partial charge in [0.1, 0.15) is 6.04 Å². The number of carbonyl (C=O) groups excluding carboxylic acids is 2. The van der Waals surface area contributed by atoms with Crippen LogP contribution in [0.4, 0.5) is 4.79 Å². The van der Waals surface area contributed by atoms with E-state index in [9.17, 15) is 14.7 Å². The molecule has 0 aliphatic carbocycles. The molecule has 0 saturated carbocycles. The van der Waals surface area contributed by atoms with Crippen LogP contribution in [0.5, 0.6) is 0 Å². The Morgan fingerprint density at radius 2 is 2.33 bits per heavy atom. The van der Waals surface area contributed by atoms with Gasteiger partial charge in [-0.15, -0.1) is 0 Å². The molecule has 6 heteroatoms. The molecule has 1 fully saturated rings. The van der Waals surface area contributed by atoms with Crippen molar-refractivity contribution >= 4 is 22.9 Å². The average Bonchev–Trinajstić information content (AvgIpc) is 2.50. The second-order valence-corrected chi connectivity index (χ2v) is 5.18. The minimum Gasteiger partial charge on any atom is -0.391 e. The van der Waals surface area contributed by atoms with Crippen molar-refractivity contribution in [3.63, 3.8) is 0 Å². The quantitative estimate of drug-likeness (QED) is 0.644. The van der Waals surface area contributed by atoms with Gasteiger partial charge in [0, 0.05) is 5.75 Å². The molecule has 0 radical (unpaired) electrons. The molecule has 2 atom stereocenters. The molecule has 0 aromatic carbocycles. The first-order valence-corrected chi connectivity index (χ1v) is 5.75. The topological polar surface area (TPSA) is 78.4 Å². The van der Waals surface area contributed by atoms with Gasteiger partial charge in [-0.1, -0.05) is 11.8 Å². The molecule has 15 heavy (non-hydrogen) atoms. The third kappa shape index (κ3) is 3.10. The van der Waals surface area contributed by atoms with Crippen molar-refractivity contribution in [1.29, 1.82) is 0 Å². The van der Waals surface area contributed by atoms with Crippen LogP contribution in [0.3, 0.4) is 0 Å². The first-order valence-electron chi connectivity index (χ1n) is 4.76. The molecule has 2 unspecified atom stereocenters. The molecule has 0 aromatic rings. The van der Waals surface area contributed by atoms with Gasteiger partial charge in [0.05, 0.1) is 11.6 Å². The lowest BCUT2D eigenvalue weighted by molar-refractivity contribution is -0.125.